The van der Waals surface area contributed by atoms with Gasteiger partial charge in [-0.2, -0.15) is 0 Å². The van der Waals surface area contributed by atoms with Crippen molar-refractivity contribution in [3.05, 3.63) is 35.4 Å². The van der Waals surface area contributed by atoms with Gasteiger partial charge in [0.25, 0.3) is 0 Å². The van der Waals surface area contributed by atoms with E-state index in [-0.39, 0.29) is 30.5 Å². The van der Waals surface area contributed by atoms with Crippen molar-refractivity contribution >= 4 is 18.3 Å². The molecule has 1 amide bonds. The van der Waals surface area contributed by atoms with Crippen molar-refractivity contribution in [3.8, 4) is 0 Å². The maximum Gasteiger partial charge on any atom is 0.225 e. The van der Waals surface area contributed by atoms with Gasteiger partial charge in [-0.3, -0.25) is 4.79 Å². The molecule has 5 heteroatoms. The first-order valence-electron chi connectivity index (χ1n) is 6.73. The molecule has 2 rings (SSSR count). The largest absolute Gasteiger partial charge is 0.380 e. The Hall–Kier alpha value is -1.10. The van der Waals surface area contributed by atoms with Crippen molar-refractivity contribution in [3.63, 3.8) is 0 Å². The van der Waals surface area contributed by atoms with E-state index in [9.17, 15) is 4.79 Å². The molecular weight excluding hydrogens is 276 g/mol. The van der Waals surface area contributed by atoms with Gasteiger partial charge in [0.15, 0.2) is 0 Å². The molecule has 0 heterocycles. The second-order valence-electron chi connectivity index (χ2n) is 5.06. The van der Waals surface area contributed by atoms with Gasteiger partial charge in [0.05, 0.1) is 18.6 Å². The normalized spacial score (nSPS) is 18.1. The van der Waals surface area contributed by atoms with E-state index < -0.39 is 0 Å². The van der Waals surface area contributed by atoms with Crippen LogP contribution in [0.3, 0.4) is 0 Å². The van der Waals surface area contributed by atoms with Gasteiger partial charge < -0.3 is 15.4 Å². The van der Waals surface area contributed by atoms with E-state index in [1.165, 1.54) is 11.1 Å². The van der Waals surface area contributed by atoms with Crippen LogP contribution in [0, 0.1) is 0 Å². The molecule has 0 aromatic heterocycles. The summed E-state index contributed by atoms with van der Waals surface area (Å²) in [5, 5.41) is 0. The van der Waals surface area contributed by atoms with Crippen LogP contribution in [0.2, 0.25) is 0 Å². The van der Waals surface area contributed by atoms with Crippen molar-refractivity contribution in [2.75, 3.05) is 20.7 Å². The zero-order valence-electron chi connectivity index (χ0n) is 12.0. The Labute approximate surface area is 126 Å². The lowest BCUT2D eigenvalue weighted by Crippen LogP contribution is -2.35. The Bertz CT molecular complexity index is 449. The first-order chi connectivity index (χ1) is 9.17. The minimum atomic E-state index is -0.188. The van der Waals surface area contributed by atoms with Crippen molar-refractivity contribution in [2.45, 2.75) is 31.4 Å². The molecule has 0 bridgehead atoms. The average molecular weight is 299 g/mol. The number of hydrogen-bond donors (Lipinski definition) is 1. The lowest BCUT2D eigenvalue weighted by Gasteiger charge is -2.27. The minimum Gasteiger partial charge on any atom is -0.380 e. The molecule has 0 saturated carbocycles. The number of fused-ring (bicyclic) bond motifs is 1. The number of halogens is 1. The van der Waals surface area contributed by atoms with Gasteiger partial charge in [-0.25, -0.2) is 0 Å². The quantitative estimate of drug-likeness (QED) is 0.903. The molecule has 0 fully saturated rings. The average Bonchev–Trinajstić information content (AvgIpc) is 2.87. The monoisotopic (exact) mass is 298 g/mol. The predicted octanol–water partition coefficient (Wildman–Crippen LogP) is 1.92. The second-order valence-corrected chi connectivity index (χ2v) is 5.06. The number of nitrogens with two attached hydrogens (primary N) is 1. The van der Waals surface area contributed by atoms with Crippen molar-refractivity contribution in [2.24, 2.45) is 5.73 Å². The number of methoxy groups -OCH3 is 1. The molecule has 0 saturated heterocycles. The Kier molecular flexibility index (Phi) is 6.46. The van der Waals surface area contributed by atoms with E-state index in [0.29, 0.717) is 13.0 Å². The molecule has 2 atom stereocenters. The van der Waals surface area contributed by atoms with E-state index in [4.69, 9.17) is 10.5 Å². The summed E-state index contributed by atoms with van der Waals surface area (Å²) in [6.45, 7) is 0.372. The molecule has 20 heavy (non-hydrogen) atoms. The van der Waals surface area contributed by atoms with E-state index in [2.05, 4.69) is 18.2 Å². The number of aryl methyl sites for hydroxylation is 1. The standard InChI is InChI=1S/C15H22N2O2.ClH/c1-17(15(18)9-12(10-16)19-2)14-8-7-11-5-3-4-6-13(11)14;/h3-6,12,14H,7-10,16H2,1-2H3;1H. The van der Waals surface area contributed by atoms with Crippen LogP contribution in [0.1, 0.15) is 30.0 Å². The highest BCUT2D eigenvalue weighted by Gasteiger charge is 2.28. The summed E-state index contributed by atoms with van der Waals surface area (Å²) in [4.78, 5) is 14.1. The van der Waals surface area contributed by atoms with Gasteiger partial charge in [-0.1, -0.05) is 24.3 Å². The zero-order valence-corrected chi connectivity index (χ0v) is 12.9. The number of carbonyl (C=O) groups is 1. The SMILES string of the molecule is COC(CN)CC(=O)N(C)C1CCc2ccccc21.Cl. The Morgan fingerprint density at radius 1 is 1.50 bits per heavy atom. The molecule has 0 radical (unpaired) electrons. The third kappa shape index (κ3) is 3.51. The fourth-order valence-corrected chi connectivity index (χ4v) is 2.71. The van der Waals surface area contributed by atoms with Gasteiger partial charge in [0, 0.05) is 20.7 Å². The molecule has 4 nitrogen and oxygen atoms in total. The Balaban J connectivity index is 0.00000200. The maximum absolute atomic E-state index is 12.3. The first-order valence-corrected chi connectivity index (χ1v) is 6.73. The van der Waals surface area contributed by atoms with Gasteiger partial charge in [-0.15, -0.1) is 12.4 Å². The molecule has 1 aromatic carbocycles. The van der Waals surface area contributed by atoms with Crippen LogP contribution in [0.5, 0.6) is 0 Å². The third-order valence-electron chi connectivity index (χ3n) is 3.96. The van der Waals surface area contributed by atoms with Crippen LogP contribution >= 0.6 is 12.4 Å². The fourth-order valence-electron chi connectivity index (χ4n) is 2.71. The maximum atomic E-state index is 12.3. The topological polar surface area (TPSA) is 55.6 Å². The zero-order chi connectivity index (χ0) is 13.8. The number of benzene rings is 1. The highest BCUT2D eigenvalue weighted by atomic mass is 35.5. The predicted molar refractivity (Wildman–Crippen MR) is 82.0 cm³/mol. The lowest BCUT2D eigenvalue weighted by molar-refractivity contribution is -0.134. The van der Waals surface area contributed by atoms with Crippen molar-refractivity contribution in [1.82, 2.24) is 4.90 Å². The second kappa shape index (κ2) is 7.62. The van der Waals surface area contributed by atoms with Gasteiger partial charge in [-0.05, 0) is 24.0 Å². The van der Waals surface area contributed by atoms with Crippen LogP contribution in [0.15, 0.2) is 24.3 Å². The molecule has 1 aliphatic rings. The van der Waals surface area contributed by atoms with Gasteiger partial charge in [0.1, 0.15) is 0 Å². The Morgan fingerprint density at radius 2 is 2.20 bits per heavy atom. The van der Waals surface area contributed by atoms with E-state index in [1.54, 1.807) is 7.11 Å². The summed E-state index contributed by atoms with van der Waals surface area (Å²) in [7, 11) is 3.47. The molecule has 0 aliphatic heterocycles. The minimum absolute atomic E-state index is 0. The molecule has 0 spiro atoms. The molecular formula is C15H23ClN2O2. The highest BCUT2D eigenvalue weighted by Crippen LogP contribution is 2.35. The number of amides is 1. The first kappa shape index (κ1) is 17.0. The highest BCUT2D eigenvalue weighted by molar-refractivity contribution is 5.85. The molecule has 2 unspecified atom stereocenters. The summed E-state index contributed by atoms with van der Waals surface area (Å²) in [6.07, 6.45) is 2.21. The number of carbonyl (C=O) groups excluding carboxylic acids is 1. The van der Waals surface area contributed by atoms with Crippen LogP contribution in [0.4, 0.5) is 0 Å². The van der Waals surface area contributed by atoms with Crippen LogP contribution in [-0.2, 0) is 16.0 Å². The summed E-state index contributed by atoms with van der Waals surface area (Å²) in [5.74, 6) is 0.0963. The summed E-state index contributed by atoms with van der Waals surface area (Å²) in [6, 6.07) is 8.55. The van der Waals surface area contributed by atoms with Crippen LogP contribution in [0.25, 0.3) is 0 Å². The molecule has 2 N–H and O–H groups in total. The van der Waals surface area contributed by atoms with E-state index >= 15 is 0 Å². The summed E-state index contributed by atoms with van der Waals surface area (Å²) in [5.41, 5.74) is 8.20. The van der Waals surface area contributed by atoms with E-state index in [0.717, 1.165) is 12.8 Å². The molecule has 112 valence electrons. The molecule has 1 aliphatic carbocycles. The van der Waals surface area contributed by atoms with Crippen LogP contribution < -0.4 is 5.73 Å². The molecule has 1 aromatic rings. The fraction of sp³-hybridized carbons (Fsp3) is 0.533. The van der Waals surface area contributed by atoms with Gasteiger partial charge >= 0.3 is 0 Å². The number of hydrogen-bond acceptors (Lipinski definition) is 3. The van der Waals surface area contributed by atoms with Gasteiger partial charge in [0.2, 0.25) is 5.91 Å². The Morgan fingerprint density at radius 3 is 2.85 bits per heavy atom. The van der Waals surface area contributed by atoms with Crippen LogP contribution in [-0.4, -0.2) is 37.6 Å². The number of rotatable bonds is 5. The summed E-state index contributed by atoms with van der Waals surface area (Å²) >= 11 is 0. The lowest BCUT2D eigenvalue weighted by atomic mass is 10.1. The summed E-state index contributed by atoms with van der Waals surface area (Å²) < 4.78 is 5.18. The third-order valence-corrected chi connectivity index (χ3v) is 3.96. The smallest absolute Gasteiger partial charge is 0.225 e. The van der Waals surface area contributed by atoms with E-state index in [1.807, 2.05) is 18.0 Å². The van der Waals surface area contributed by atoms with Crippen molar-refractivity contribution in [1.29, 1.82) is 0 Å². The number of nitrogens with zero attached hydrogens (tertiary/aromatic N) is 1. The van der Waals surface area contributed by atoms with Crippen molar-refractivity contribution < 1.29 is 9.53 Å². The number of ether oxygens (including phenoxy) is 1.